The van der Waals surface area contributed by atoms with Gasteiger partial charge in [-0.25, -0.2) is 0 Å². The number of carbonyl (C=O) groups excluding carboxylic acids is 2. The number of carboxylic acid groups (broad SMARTS) is 1. The SMILES string of the molecule is NC(=O)c1c(NC(=O)[C@H]2C3CCC(CC3)[C@@H]2C(=O)O)sc2c1CCc1ccccc1-2. The van der Waals surface area contributed by atoms with Gasteiger partial charge in [0.05, 0.1) is 17.4 Å². The molecular weight excluding hydrogens is 400 g/mol. The van der Waals surface area contributed by atoms with E-state index in [4.69, 9.17) is 5.73 Å². The fourth-order valence-corrected chi connectivity index (χ4v) is 7.18. The number of rotatable bonds is 4. The van der Waals surface area contributed by atoms with Crippen LogP contribution in [0.5, 0.6) is 0 Å². The van der Waals surface area contributed by atoms with Gasteiger partial charge in [0.2, 0.25) is 5.91 Å². The summed E-state index contributed by atoms with van der Waals surface area (Å²) in [5.41, 5.74) is 9.28. The zero-order valence-electron chi connectivity index (χ0n) is 16.5. The van der Waals surface area contributed by atoms with Gasteiger partial charge in [0.25, 0.3) is 5.91 Å². The average molecular weight is 425 g/mol. The van der Waals surface area contributed by atoms with Gasteiger partial charge < -0.3 is 16.2 Å². The Morgan fingerprint density at radius 1 is 1.00 bits per heavy atom. The van der Waals surface area contributed by atoms with Gasteiger partial charge in [-0.1, -0.05) is 24.3 Å². The number of aryl methyl sites for hydroxylation is 1. The Balaban J connectivity index is 1.51. The van der Waals surface area contributed by atoms with Gasteiger partial charge in [-0.3, -0.25) is 14.4 Å². The van der Waals surface area contributed by atoms with Crippen LogP contribution in [-0.4, -0.2) is 22.9 Å². The first kappa shape index (κ1) is 19.3. The molecule has 6 nitrogen and oxygen atoms in total. The first-order valence-electron chi connectivity index (χ1n) is 10.5. The predicted molar refractivity (Wildman–Crippen MR) is 114 cm³/mol. The topological polar surface area (TPSA) is 109 Å². The summed E-state index contributed by atoms with van der Waals surface area (Å²) in [4.78, 5) is 38.5. The number of fused-ring (bicyclic) bond motifs is 6. The molecule has 156 valence electrons. The molecule has 0 spiro atoms. The van der Waals surface area contributed by atoms with Crippen molar-refractivity contribution >= 4 is 34.1 Å². The maximum Gasteiger partial charge on any atom is 0.307 e. The molecule has 3 saturated carbocycles. The number of nitrogens with one attached hydrogen (secondary N) is 1. The summed E-state index contributed by atoms with van der Waals surface area (Å²) in [6.45, 7) is 0. The predicted octanol–water partition coefficient (Wildman–Crippen LogP) is 3.69. The van der Waals surface area contributed by atoms with Crippen LogP contribution in [0.4, 0.5) is 5.00 Å². The van der Waals surface area contributed by atoms with E-state index in [0.29, 0.717) is 17.0 Å². The van der Waals surface area contributed by atoms with Crippen LogP contribution in [0.3, 0.4) is 0 Å². The van der Waals surface area contributed by atoms with Crippen molar-refractivity contribution in [2.45, 2.75) is 38.5 Å². The average Bonchev–Trinajstić information content (AvgIpc) is 3.12. The standard InChI is InChI=1S/C23H24N2O4S/c24-20(26)18-15-10-9-11-3-1-2-4-14(11)19(15)30-22(18)25-21(27)16-12-5-7-13(8-6-12)17(16)23(28)29/h1-4,12-13,16-17H,5-10H2,(H2,24,26)(H,25,27)(H,28,29)/t12?,13?,16-,17-/m0/s1. The first-order chi connectivity index (χ1) is 14.5. The van der Waals surface area contributed by atoms with Crippen LogP contribution in [0.1, 0.15) is 47.2 Å². The number of hydrogen-bond donors (Lipinski definition) is 3. The number of amides is 2. The lowest BCUT2D eigenvalue weighted by Crippen LogP contribution is -2.49. The molecule has 3 fully saturated rings. The Morgan fingerprint density at radius 3 is 2.33 bits per heavy atom. The molecule has 4 N–H and O–H groups in total. The highest BCUT2D eigenvalue weighted by molar-refractivity contribution is 7.20. The number of nitrogens with two attached hydrogens (primary N) is 1. The monoisotopic (exact) mass is 424 g/mol. The van der Waals surface area contributed by atoms with Gasteiger partial charge in [0.15, 0.2) is 0 Å². The van der Waals surface area contributed by atoms with E-state index in [9.17, 15) is 19.5 Å². The molecule has 0 radical (unpaired) electrons. The number of carboxylic acids is 1. The number of anilines is 1. The van der Waals surface area contributed by atoms with Crippen LogP contribution in [0.15, 0.2) is 24.3 Å². The number of thiophene rings is 1. The van der Waals surface area contributed by atoms with Crippen molar-refractivity contribution in [2.24, 2.45) is 29.4 Å². The Bertz CT molecular complexity index is 1050. The molecule has 7 heteroatoms. The molecule has 4 aliphatic rings. The van der Waals surface area contributed by atoms with Crippen LogP contribution >= 0.6 is 11.3 Å². The van der Waals surface area contributed by atoms with Gasteiger partial charge in [-0.15, -0.1) is 11.3 Å². The van der Waals surface area contributed by atoms with Gasteiger partial charge in [0, 0.05) is 4.88 Å². The van der Waals surface area contributed by atoms with Crippen LogP contribution in [-0.2, 0) is 22.4 Å². The second-order valence-corrected chi connectivity index (χ2v) is 9.71. The highest BCUT2D eigenvalue weighted by atomic mass is 32.1. The molecule has 1 heterocycles. The van der Waals surface area contributed by atoms with Gasteiger partial charge in [0.1, 0.15) is 5.00 Å². The van der Waals surface area contributed by atoms with E-state index in [0.717, 1.165) is 48.1 Å². The third kappa shape index (κ3) is 2.95. The van der Waals surface area contributed by atoms with E-state index in [1.807, 2.05) is 18.2 Å². The minimum absolute atomic E-state index is 0.0577. The smallest absolute Gasteiger partial charge is 0.307 e. The molecule has 4 aliphatic carbocycles. The molecule has 2 atom stereocenters. The Kier molecular flexibility index (Phi) is 4.65. The Labute approximate surface area is 178 Å². The van der Waals surface area contributed by atoms with Gasteiger partial charge in [-0.2, -0.15) is 0 Å². The summed E-state index contributed by atoms with van der Waals surface area (Å²) < 4.78 is 0. The van der Waals surface area contributed by atoms with Gasteiger partial charge in [-0.05, 0) is 67.1 Å². The van der Waals surface area contributed by atoms with E-state index in [1.165, 1.54) is 16.9 Å². The molecule has 0 aliphatic heterocycles. The molecule has 6 rings (SSSR count). The van der Waals surface area contributed by atoms with Gasteiger partial charge >= 0.3 is 5.97 Å². The molecule has 1 aromatic heterocycles. The van der Waals surface area contributed by atoms with Crippen molar-refractivity contribution in [3.63, 3.8) is 0 Å². The Hall–Kier alpha value is -2.67. The highest BCUT2D eigenvalue weighted by Crippen LogP contribution is 2.50. The second kappa shape index (κ2) is 7.23. The molecule has 1 aromatic carbocycles. The largest absolute Gasteiger partial charge is 0.481 e. The molecule has 0 saturated heterocycles. The highest BCUT2D eigenvalue weighted by Gasteiger charge is 2.50. The maximum atomic E-state index is 13.3. The fraction of sp³-hybridized carbons (Fsp3) is 0.435. The lowest BCUT2D eigenvalue weighted by molar-refractivity contribution is -0.156. The van der Waals surface area contributed by atoms with E-state index < -0.39 is 23.7 Å². The zero-order chi connectivity index (χ0) is 21.0. The van der Waals surface area contributed by atoms with E-state index in [2.05, 4.69) is 11.4 Å². The third-order valence-corrected chi connectivity index (χ3v) is 8.38. The van der Waals surface area contributed by atoms with Crippen molar-refractivity contribution < 1.29 is 19.5 Å². The van der Waals surface area contributed by atoms with Crippen LogP contribution in [0.2, 0.25) is 0 Å². The van der Waals surface area contributed by atoms with E-state index in [1.54, 1.807) is 0 Å². The summed E-state index contributed by atoms with van der Waals surface area (Å²) >= 11 is 1.37. The van der Waals surface area contributed by atoms with E-state index in [-0.39, 0.29) is 17.7 Å². The molecule has 0 unspecified atom stereocenters. The van der Waals surface area contributed by atoms with Crippen molar-refractivity contribution in [1.82, 2.24) is 0 Å². The number of aliphatic carboxylic acids is 1. The number of hydrogen-bond acceptors (Lipinski definition) is 4. The van der Waals surface area contributed by atoms with Crippen molar-refractivity contribution in [3.05, 3.63) is 41.0 Å². The summed E-state index contributed by atoms with van der Waals surface area (Å²) in [7, 11) is 0. The van der Waals surface area contributed by atoms with Crippen molar-refractivity contribution in [1.29, 1.82) is 0 Å². The molecule has 2 aromatic rings. The van der Waals surface area contributed by atoms with Crippen LogP contribution < -0.4 is 11.1 Å². The fourth-order valence-electron chi connectivity index (χ4n) is 5.87. The molecule has 30 heavy (non-hydrogen) atoms. The summed E-state index contributed by atoms with van der Waals surface area (Å²) in [5.74, 6) is -2.79. The van der Waals surface area contributed by atoms with Crippen LogP contribution in [0, 0.1) is 23.7 Å². The van der Waals surface area contributed by atoms with Crippen LogP contribution in [0.25, 0.3) is 10.4 Å². The van der Waals surface area contributed by atoms with E-state index >= 15 is 0 Å². The lowest BCUT2D eigenvalue weighted by atomic mass is 9.58. The second-order valence-electron chi connectivity index (χ2n) is 8.69. The maximum absolute atomic E-state index is 13.3. The molecular formula is C23H24N2O4S. The summed E-state index contributed by atoms with van der Waals surface area (Å²) in [6.07, 6.45) is 5.06. The van der Waals surface area contributed by atoms with Crippen molar-refractivity contribution in [3.8, 4) is 10.4 Å². The summed E-state index contributed by atoms with van der Waals surface area (Å²) in [6, 6.07) is 8.07. The first-order valence-corrected chi connectivity index (χ1v) is 11.3. The Morgan fingerprint density at radius 2 is 1.67 bits per heavy atom. The third-order valence-electron chi connectivity index (χ3n) is 7.20. The number of benzene rings is 1. The zero-order valence-corrected chi connectivity index (χ0v) is 17.3. The normalized spacial score (nSPS) is 26.5. The molecule has 2 bridgehead atoms. The minimum Gasteiger partial charge on any atom is -0.481 e. The number of primary amides is 1. The number of carbonyl (C=O) groups is 3. The van der Waals surface area contributed by atoms with Crippen molar-refractivity contribution in [2.75, 3.05) is 5.32 Å². The molecule has 2 amide bonds. The quantitative estimate of drug-likeness (QED) is 0.695. The lowest BCUT2D eigenvalue weighted by Gasteiger charge is -2.45. The summed E-state index contributed by atoms with van der Waals surface area (Å²) in [5, 5.41) is 13.2. The minimum atomic E-state index is -0.890.